The molecule has 0 spiro atoms. The van der Waals surface area contributed by atoms with Crippen LogP contribution < -0.4 is 5.32 Å². The molecule has 2 unspecified atom stereocenters. The van der Waals surface area contributed by atoms with Gasteiger partial charge in [0.05, 0.1) is 0 Å². The largest absolute Gasteiger partial charge is 0.314 e. The Bertz CT molecular complexity index is 476. The second-order valence-corrected chi connectivity index (χ2v) is 6.61. The van der Waals surface area contributed by atoms with E-state index in [2.05, 4.69) is 17.3 Å². The molecule has 1 aromatic rings. The van der Waals surface area contributed by atoms with Gasteiger partial charge in [-0.05, 0) is 63.4 Å². The van der Waals surface area contributed by atoms with E-state index in [1.54, 1.807) is 12.1 Å². The molecule has 1 saturated carbocycles. The molecule has 4 heteroatoms. The summed E-state index contributed by atoms with van der Waals surface area (Å²) in [6, 6.07) is 5.75. The normalized spacial score (nSPS) is 27.8. The molecular formula is C16H22ClFN2. The number of benzene rings is 1. The minimum Gasteiger partial charge on any atom is -0.314 e. The van der Waals surface area contributed by atoms with Crippen molar-refractivity contribution in [1.82, 2.24) is 10.2 Å². The quantitative estimate of drug-likeness (QED) is 0.913. The SMILES string of the molecule is CN1CCCC(CNC2CC2)C1c1cc(Cl)ccc1F. The number of nitrogens with zero attached hydrogens (tertiary/aromatic N) is 1. The van der Waals surface area contributed by atoms with Crippen LogP contribution in [0.4, 0.5) is 4.39 Å². The Morgan fingerprint density at radius 3 is 2.90 bits per heavy atom. The summed E-state index contributed by atoms with van der Waals surface area (Å²) in [5, 5.41) is 4.22. The standard InChI is InChI=1S/C16H22ClFN2/c1-20-8-2-3-11(10-19-13-5-6-13)16(20)14-9-12(17)4-7-15(14)18/h4,7,9,11,13,16,19H,2-3,5-6,8,10H2,1H3. The van der Waals surface area contributed by atoms with Crippen LogP contribution in [0.2, 0.25) is 5.02 Å². The van der Waals surface area contributed by atoms with Crippen LogP contribution in [0.25, 0.3) is 0 Å². The molecule has 0 bridgehead atoms. The van der Waals surface area contributed by atoms with Gasteiger partial charge in [0.1, 0.15) is 5.82 Å². The van der Waals surface area contributed by atoms with Crippen molar-refractivity contribution in [1.29, 1.82) is 0 Å². The highest BCUT2D eigenvalue weighted by Gasteiger charge is 2.33. The van der Waals surface area contributed by atoms with E-state index in [1.165, 1.54) is 25.3 Å². The molecule has 110 valence electrons. The highest BCUT2D eigenvalue weighted by atomic mass is 35.5. The Balaban J connectivity index is 1.82. The summed E-state index contributed by atoms with van der Waals surface area (Å²) in [6.07, 6.45) is 4.92. The lowest BCUT2D eigenvalue weighted by atomic mass is 9.84. The van der Waals surface area contributed by atoms with E-state index in [9.17, 15) is 4.39 Å². The lowest BCUT2D eigenvalue weighted by molar-refractivity contribution is 0.116. The maximum absolute atomic E-state index is 14.2. The van der Waals surface area contributed by atoms with Crippen molar-refractivity contribution < 1.29 is 4.39 Å². The third kappa shape index (κ3) is 3.16. The molecule has 1 saturated heterocycles. The number of hydrogen-bond acceptors (Lipinski definition) is 2. The molecule has 2 fully saturated rings. The third-order valence-electron chi connectivity index (χ3n) is 4.53. The predicted molar refractivity (Wildman–Crippen MR) is 80.5 cm³/mol. The molecule has 0 radical (unpaired) electrons. The van der Waals surface area contributed by atoms with Gasteiger partial charge in [-0.25, -0.2) is 4.39 Å². The molecule has 1 aromatic carbocycles. The van der Waals surface area contributed by atoms with Crippen molar-refractivity contribution in [2.24, 2.45) is 5.92 Å². The van der Waals surface area contributed by atoms with Gasteiger partial charge >= 0.3 is 0 Å². The first-order chi connectivity index (χ1) is 9.65. The van der Waals surface area contributed by atoms with Crippen LogP contribution in [0.15, 0.2) is 18.2 Å². The van der Waals surface area contributed by atoms with Crippen LogP contribution in [0.5, 0.6) is 0 Å². The Kier molecular flexibility index (Phi) is 4.29. The zero-order valence-corrected chi connectivity index (χ0v) is 12.7. The van der Waals surface area contributed by atoms with E-state index in [0.717, 1.165) is 25.1 Å². The molecular weight excluding hydrogens is 275 g/mol. The highest BCUT2D eigenvalue weighted by Crippen LogP contribution is 2.37. The highest BCUT2D eigenvalue weighted by molar-refractivity contribution is 6.30. The predicted octanol–water partition coefficient (Wildman–Crippen LogP) is 3.61. The number of likely N-dealkylation sites (tertiary alicyclic amines) is 1. The lowest BCUT2D eigenvalue weighted by Crippen LogP contribution is -2.41. The summed E-state index contributed by atoms with van der Waals surface area (Å²) in [5.41, 5.74) is 0.752. The van der Waals surface area contributed by atoms with E-state index in [1.807, 2.05) is 0 Å². The number of piperidine rings is 1. The Hall–Kier alpha value is -0.640. The Morgan fingerprint density at radius 2 is 2.15 bits per heavy atom. The molecule has 3 rings (SSSR count). The number of hydrogen-bond donors (Lipinski definition) is 1. The molecule has 1 aliphatic carbocycles. The Labute approximate surface area is 125 Å². The average Bonchev–Trinajstić information content (AvgIpc) is 3.24. The average molecular weight is 297 g/mol. The van der Waals surface area contributed by atoms with E-state index in [-0.39, 0.29) is 11.9 Å². The molecule has 1 aliphatic heterocycles. The summed E-state index contributed by atoms with van der Waals surface area (Å²) >= 11 is 6.07. The van der Waals surface area contributed by atoms with E-state index in [0.29, 0.717) is 17.0 Å². The topological polar surface area (TPSA) is 15.3 Å². The van der Waals surface area contributed by atoms with Gasteiger partial charge in [-0.3, -0.25) is 4.90 Å². The minimum absolute atomic E-state index is 0.133. The van der Waals surface area contributed by atoms with E-state index >= 15 is 0 Å². The molecule has 0 amide bonds. The van der Waals surface area contributed by atoms with Crippen LogP contribution in [-0.4, -0.2) is 31.1 Å². The maximum Gasteiger partial charge on any atom is 0.128 e. The van der Waals surface area contributed by atoms with Crippen molar-refractivity contribution in [3.05, 3.63) is 34.6 Å². The molecule has 2 aliphatic rings. The van der Waals surface area contributed by atoms with E-state index in [4.69, 9.17) is 11.6 Å². The van der Waals surface area contributed by atoms with Crippen LogP contribution in [0.3, 0.4) is 0 Å². The molecule has 1 N–H and O–H groups in total. The molecule has 20 heavy (non-hydrogen) atoms. The van der Waals surface area contributed by atoms with Crippen molar-refractivity contribution in [2.75, 3.05) is 20.1 Å². The fourth-order valence-electron chi connectivity index (χ4n) is 3.31. The fraction of sp³-hybridized carbons (Fsp3) is 0.625. The van der Waals surface area contributed by atoms with E-state index < -0.39 is 0 Å². The molecule has 0 aromatic heterocycles. The van der Waals surface area contributed by atoms with Crippen LogP contribution in [-0.2, 0) is 0 Å². The zero-order chi connectivity index (χ0) is 14.1. The van der Waals surface area contributed by atoms with Gasteiger partial charge in [-0.1, -0.05) is 11.6 Å². The number of nitrogens with one attached hydrogen (secondary N) is 1. The second kappa shape index (κ2) is 6.00. The minimum atomic E-state index is -0.135. The van der Waals surface area contributed by atoms with Crippen LogP contribution >= 0.6 is 11.6 Å². The fourth-order valence-corrected chi connectivity index (χ4v) is 3.49. The summed E-state index contributed by atoms with van der Waals surface area (Å²) in [4.78, 5) is 2.28. The lowest BCUT2D eigenvalue weighted by Gasteiger charge is -2.40. The number of halogens is 2. The molecule has 1 heterocycles. The summed E-state index contributed by atoms with van der Waals surface area (Å²) < 4.78 is 14.2. The Morgan fingerprint density at radius 1 is 1.35 bits per heavy atom. The number of rotatable bonds is 4. The first kappa shape index (κ1) is 14.3. The van der Waals surface area contributed by atoms with Crippen molar-refractivity contribution in [3.63, 3.8) is 0 Å². The van der Waals surface area contributed by atoms with Crippen molar-refractivity contribution in [3.8, 4) is 0 Å². The first-order valence-corrected chi connectivity index (χ1v) is 7.91. The summed E-state index contributed by atoms with van der Waals surface area (Å²) in [5.74, 6) is 0.326. The van der Waals surface area contributed by atoms with Gasteiger partial charge in [-0.2, -0.15) is 0 Å². The molecule has 2 atom stereocenters. The monoisotopic (exact) mass is 296 g/mol. The van der Waals surface area contributed by atoms with Gasteiger partial charge < -0.3 is 5.32 Å². The van der Waals surface area contributed by atoms with Crippen molar-refractivity contribution in [2.45, 2.75) is 37.8 Å². The van der Waals surface area contributed by atoms with Crippen LogP contribution in [0.1, 0.15) is 37.3 Å². The summed E-state index contributed by atoms with van der Waals surface area (Å²) in [7, 11) is 2.09. The van der Waals surface area contributed by atoms with Gasteiger partial charge in [0.15, 0.2) is 0 Å². The van der Waals surface area contributed by atoms with Crippen molar-refractivity contribution >= 4 is 11.6 Å². The van der Waals surface area contributed by atoms with Crippen LogP contribution in [0, 0.1) is 11.7 Å². The smallest absolute Gasteiger partial charge is 0.128 e. The molecule has 2 nitrogen and oxygen atoms in total. The first-order valence-electron chi connectivity index (χ1n) is 7.53. The van der Waals surface area contributed by atoms with Gasteiger partial charge in [0.2, 0.25) is 0 Å². The van der Waals surface area contributed by atoms with Gasteiger partial charge in [0.25, 0.3) is 0 Å². The maximum atomic E-state index is 14.2. The van der Waals surface area contributed by atoms with Gasteiger partial charge in [-0.15, -0.1) is 0 Å². The van der Waals surface area contributed by atoms with Gasteiger partial charge in [0, 0.05) is 29.2 Å². The second-order valence-electron chi connectivity index (χ2n) is 6.18. The third-order valence-corrected chi connectivity index (χ3v) is 4.76. The zero-order valence-electron chi connectivity index (χ0n) is 11.9. The summed E-state index contributed by atoms with van der Waals surface area (Å²) in [6.45, 7) is 2.00.